The van der Waals surface area contributed by atoms with Crippen molar-refractivity contribution in [2.24, 2.45) is 0 Å². The normalized spacial score (nSPS) is 25.3. The van der Waals surface area contributed by atoms with E-state index in [0.717, 1.165) is 12.1 Å². The lowest BCUT2D eigenvalue weighted by Crippen LogP contribution is -2.24. The highest BCUT2D eigenvalue weighted by atomic mass is 16.7. The third-order valence-electron chi connectivity index (χ3n) is 3.38. The van der Waals surface area contributed by atoms with E-state index in [1.54, 1.807) is 0 Å². The molecule has 2 N–H and O–H groups in total. The van der Waals surface area contributed by atoms with E-state index >= 15 is 0 Å². The average molecular weight is 231 g/mol. The van der Waals surface area contributed by atoms with Crippen LogP contribution in [0.2, 0.25) is 0 Å². The van der Waals surface area contributed by atoms with Gasteiger partial charge in [0.05, 0.1) is 0 Å². The quantitative estimate of drug-likeness (QED) is 0.729. The van der Waals surface area contributed by atoms with Crippen molar-refractivity contribution in [1.29, 1.82) is 0 Å². The zero-order valence-corrected chi connectivity index (χ0v) is 9.22. The lowest BCUT2D eigenvalue weighted by molar-refractivity contribution is 0.114. The van der Waals surface area contributed by atoms with Crippen LogP contribution in [0.1, 0.15) is 24.3 Å². The monoisotopic (exact) mass is 231 g/mol. The first-order valence-electron chi connectivity index (χ1n) is 5.71. The van der Waals surface area contributed by atoms with Gasteiger partial charge in [-0.2, -0.15) is 0 Å². The predicted octanol–water partition coefficient (Wildman–Crippen LogP) is 2.94. The molecule has 0 amide bonds. The summed E-state index contributed by atoms with van der Waals surface area (Å²) in [4.78, 5) is 10.5. The van der Waals surface area contributed by atoms with Crippen LogP contribution in [0, 0.1) is 0 Å². The Morgan fingerprint density at radius 2 is 2.24 bits per heavy atom. The summed E-state index contributed by atoms with van der Waals surface area (Å²) in [5, 5.41) is 12.1. The number of carboxylic acid groups (broad SMARTS) is 1. The van der Waals surface area contributed by atoms with Crippen molar-refractivity contribution in [3.8, 4) is 0 Å². The van der Waals surface area contributed by atoms with Gasteiger partial charge < -0.3 is 15.2 Å². The summed E-state index contributed by atoms with van der Waals surface area (Å²) < 4.78 is 4.76. The minimum Gasteiger partial charge on any atom is -0.449 e. The molecule has 0 spiro atoms. The molecule has 0 aromatic heterocycles. The molecule has 88 valence electrons. The molecule has 1 aromatic rings. The second kappa shape index (κ2) is 3.80. The van der Waals surface area contributed by atoms with Crippen LogP contribution < -0.4 is 5.32 Å². The van der Waals surface area contributed by atoms with Gasteiger partial charge in [0, 0.05) is 24.1 Å². The molecule has 0 fully saturated rings. The van der Waals surface area contributed by atoms with Crippen molar-refractivity contribution in [2.45, 2.75) is 24.8 Å². The highest BCUT2D eigenvalue weighted by Crippen LogP contribution is 2.42. The third-order valence-corrected chi connectivity index (χ3v) is 3.38. The Labute approximate surface area is 98.9 Å². The Morgan fingerprint density at radius 1 is 1.41 bits per heavy atom. The number of hydrogen-bond donors (Lipinski definition) is 2. The second-order valence-corrected chi connectivity index (χ2v) is 4.40. The van der Waals surface area contributed by atoms with Gasteiger partial charge in [0.2, 0.25) is 0 Å². The van der Waals surface area contributed by atoms with E-state index < -0.39 is 6.16 Å². The first-order valence-corrected chi connectivity index (χ1v) is 5.71. The molecule has 2 aliphatic rings. The molecule has 1 aliphatic carbocycles. The summed E-state index contributed by atoms with van der Waals surface area (Å²) in [7, 11) is 0. The van der Waals surface area contributed by atoms with Crippen molar-refractivity contribution in [2.75, 3.05) is 5.32 Å². The van der Waals surface area contributed by atoms with Crippen molar-refractivity contribution < 1.29 is 14.6 Å². The number of carbonyl (C=O) groups is 1. The molecule has 1 aliphatic heterocycles. The van der Waals surface area contributed by atoms with Gasteiger partial charge in [-0.05, 0) is 24.1 Å². The van der Waals surface area contributed by atoms with E-state index in [-0.39, 0.29) is 5.92 Å². The summed E-state index contributed by atoms with van der Waals surface area (Å²) in [5.74, 6) is 0.798. The Kier molecular flexibility index (Phi) is 2.28. The average Bonchev–Trinajstić information content (AvgIpc) is 2.66. The van der Waals surface area contributed by atoms with Gasteiger partial charge in [-0.3, -0.25) is 0 Å². The van der Waals surface area contributed by atoms with Crippen molar-refractivity contribution in [3.05, 3.63) is 41.7 Å². The Hall–Kier alpha value is -1.97. The van der Waals surface area contributed by atoms with Gasteiger partial charge in [0.25, 0.3) is 0 Å². The highest BCUT2D eigenvalue weighted by Gasteiger charge is 2.33. The summed E-state index contributed by atoms with van der Waals surface area (Å²) >= 11 is 0. The molecule has 2 atom stereocenters. The maximum absolute atomic E-state index is 10.5. The fourth-order valence-electron chi connectivity index (χ4n) is 2.66. The van der Waals surface area contributed by atoms with E-state index in [1.165, 1.54) is 5.56 Å². The maximum Gasteiger partial charge on any atom is 0.511 e. The number of hydrogen-bond acceptors (Lipinski definition) is 3. The van der Waals surface area contributed by atoms with Gasteiger partial charge >= 0.3 is 6.16 Å². The number of anilines is 1. The predicted molar refractivity (Wildman–Crippen MR) is 63.0 cm³/mol. The molecule has 1 heterocycles. The van der Waals surface area contributed by atoms with E-state index in [4.69, 9.17) is 9.84 Å². The molecule has 0 saturated heterocycles. The standard InChI is InChI=1S/C13H13NO3/c15-13(16)17-8-5-6-12-10(7-8)9-3-1-2-4-11(9)14-12/h1-4,7,10,12,14H,5-6H2,(H,15,16). The molecule has 1 aromatic carbocycles. The Morgan fingerprint density at radius 3 is 3.06 bits per heavy atom. The van der Waals surface area contributed by atoms with Crippen molar-refractivity contribution in [3.63, 3.8) is 0 Å². The van der Waals surface area contributed by atoms with Crippen molar-refractivity contribution in [1.82, 2.24) is 0 Å². The zero-order chi connectivity index (χ0) is 11.8. The number of nitrogens with one attached hydrogen (secondary N) is 1. The number of benzene rings is 1. The van der Waals surface area contributed by atoms with E-state index in [9.17, 15) is 4.79 Å². The molecule has 0 radical (unpaired) electrons. The number of ether oxygens (including phenoxy) is 1. The molecular formula is C13H13NO3. The summed E-state index contributed by atoms with van der Waals surface area (Å²) in [6.07, 6.45) is 2.28. The fraction of sp³-hybridized carbons (Fsp3) is 0.308. The minimum absolute atomic E-state index is 0.231. The molecule has 17 heavy (non-hydrogen) atoms. The molecule has 4 nitrogen and oxygen atoms in total. The van der Waals surface area contributed by atoms with Gasteiger partial charge in [-0.1, -0.05) is 18.2 Å². The van der Waals surface area contributed by atoms with Gasteiger partial charge in [0.1, 0.15) is 5.76 Å². The molecular weight excluding hydrogens is 218 g/mol. The summed E-state index contributed by atoms with van der Waals surface area (Å²) in [6, 6.07) is 8.50. The first-order chi connectivity index (χ1) is 8.24. The molecule has 2 unspecified atom stereocenters. The second-order valence-electron chi connectivity index (χ2n) is 4.40. The van der Waals surface area contributed by atoms with E-state index in [2.05, 4.69) is 17.4 Å². The zero-order valence-electron chi connectivity index (χ0n) is 9.22. The van der Waals surface area contributed by atoms with Crippen LogP contribution in [0.4, 0.5) is 10.5 Å². The molecule has 3 rings (SSSR count). The lowest BCUT2D eigenvalue weighted by Gasteiger charge is -2.23. The van der Waals surface area contributed by atoms with E-state index in [1.807, 2.05) is 18.2 Å². The highest BCUT2D eigenvalue weighted by molar-refractivity contribution is 5.62. The summed E-state index contributed by atoms with van der Waals surface area (Å²) in [6.45, 7) is 0. The Balaban J connectivity index is 1.91. The fourth-order valence-corrected chi connectivity index (χ4v) is 2.66. The van der Waals surface area contributed by atoms with Crippen LogP contribution in [0.25, 0.3) is 0 Å². The van der Waals surface area contributed by atoms with Crippen molar-refractivity contribution >= 4 is 11.8 Å². The minimum atomic E-state index is -1.23. The van der Waals surface area contributed by atoms with Crippen LogP contribution >= 0.6 is 0 Å². The van der Waals surface area contributed by atoms with Crippen LogP contribution in [-0.4, -0.2) is 17.3 Å². The number of fused-ring (bicyclic) bond motifs is 3. The topological polar surface area (TPSA) is 58.6 Å². The largest absolute Gasteiger partial charge is 0.511 e. The van der Waals surface area contributed by atoms with Gasteiger partial charge in [-0.15, -0.1) is 0 Å². The molecule has 0 saturated carbocycles. The van der Waals surface area contributed by atoms with Crippen LogP contribution in [-0.2, 0) is 4.74 Å². The van der Waals surface area contributed by atoms with Gasteiger partial charge in [-0.25, -0.2) is 4.79 Å². The SMILES string of the molecule is O=C(O)OC1=CC2c3ccccc3NC2CC1. The maximum atomic E-state index is 10.5. The Bertz CT molecular complexity index is 495. The molecule has 0 bridgehead atoms. The van der Waals surface area contributed by atoms with E-state index in [0.29, 0.717) is 18.2 Å². The van der Waals surface area contributed by atoms with Gasteiger partial charge in [0.15, 0.2) is 0 Å². The first kappa shape index (κ1) is 10.2. The molecule has 4 heteroatoms. The number of rotatable bonds is 1. The number of para-hydroxylation sites is 1. The lowest BCUT2D eigenvalue weighted by atomic mass is 9.87. The summed E-state index contributed by atoms with van der Waals surface area (Å²) in [5.41, 5.74) is 2.37. The van der Waals surface area contributed by atoms with Crippen LogP contribution in [0.3, 0.4) is 0 Å². The third kappa shape index (κ3) is 1.75. The smallest absolute Gasteiger partial charge is 0.449 e. The van der Waals surface area contributed by atoms with Crippen LogP contribution in [0.5, 0.6) is 0 Å². The number of allylic oxidation sites excluding steroid dienone is 1. The van der Waals surface area contributed by atoms with Crippen LogP contribution in [0.15, 0.2) is 36.1 Å².